The van der Waals surface area contributed by atoms with Crippen LogP contribution in [0, 0.1) is 22.7 Å². The van der Waals surface area contributed by atoms with Crippen LogP contribution >= 0.6 is 11.3 Å². The molecule has 0 radical (unpaired) electrons. The average Bonchev–Trinajstić information content (AvgIpc) is 2.71. The van der Waals surface area contributed by atoms with Gasteiger partial charge in [0.25, 0.3) is 0 Å². The van der Waals surface area contributed by atoms with Gasteiger partial charge in [0.1, 0.15) is 13.1 Å². The van der Waals surface area contributed by atoms with Crippen molar-refractivity contribution < 1.29 is 0 Å². The first-order chi connectivity index (χ1) is 8.24. The summed E-state index contributed by atoms with van der Waals surface area (Å²) in [4.78, 5) is 6.02. The van der Waals surface area contributed by atoms with Crippen LogP contribution < -0.4 is 10.6 Å². The Morgan fingerprint density at radius 3 is 2.65 bits per heavy atom. The summed E-state index contributed by atoms with van der Waals surface area (Å²) in [6.07, 6.45) is 0. The molecule has 0 aliphatic carbocycles. The zero-order valence-corrected chi connectivity index (χ0v) is 9.74. The Morgan fingerprint density at radius 2 is 2.00 bits per heavy atom. The SMILES string of the molecule is N#CCN(CC#N)c1nc2ccc(N)cc2s1. The number of hydrogen-bond donors (Lipinski definition) is 1. The van der Waals surface area contributed by atoms with Crippen LogP contribution in [0.3, 0.4) is 0 Å². The molecule has 2 aromatic rings. The molecule has 1 heterocycles. The molecule has 2 N–H and O–H groups in total. The van der Waals surface area contributed by atoms with E-state index in [1.807, 2.05) is 24.3 Å². The predicted molar refractivity (Wildman–Crippen MR) is 67.5 cm³/mol. The van der Waals surface area contributed by atoms with Gasteiger partial charge in [0.2, 0.25) is 0 Å². The molecule has 1 aromatic heterocycles. The molecule has 0 saturated heterocycles. The molecular weight excluding hydrogens is 234 g/mol. The maximum atomic E-state index is 8.70. The molecule has 0 aliphatic rings. The van der Waals surface area contributed by atoms with E-state index in [4.69, 9.17) is 16.3 Å². The van der Waals surface area contributed by atoms with Crippen LogP contribution in [0.5, 0.6) is 0 Å². The molecule has 0 saturated carbocycles. The van der Waals surface area contributed by atoms with Crippen molar-refractivity contribution in [2.75, 3.05) is 23.7 Å². The molecule has 17 heavy (non-hydrogen) atoms. The van der Waals surface area contributed by atoms with Crippen LogP contribution in [0.4, 0.5) is 10.8 Å². The van der Waals surface area contributed by atoms with Crippen LogP contribution in [0.2, 0.25) is 0 Å². The van der Waals surface area contributed by atoms with E-state index in [-0.39, 0.29) is 13.1 Å². The second-order valence-electron chi connectivity index (χ2n) is 3.40. The van der Waals surface area contributed by atoms with E-state index >= 15 is 0 Å². The summed E-state index contributed by atoms with van der Waals surface area (Å²) in [5.74, 6) is 0. The van der Waals surface area contributed by atoms with Gasteiger partial charge in [-0.25, -0.2) is 4.98 Å². The highest BCUT2D eigenvalue weighted by Gasteiger charge is 2.11. The van der Waals surface area contributed by atoms with Gasteiger partial charge >= 0.3 is 0 Å². The number of rotatable bonds is 3. The van der Waals surface area contributed by atoms with E-state index in [9.17, 15) is 0 Å². The van der Waals surface area contributed by atoms with Crippen LogP contribution in [-0.4, -0.2) is 18.1 Å². The highest BCUT2D eigenvalue weighted by Crippen LogP contribution is 2.29. The number of thiazole rings is 1. The zero-order valence-electron chi connectivity index (χ0n) is 8.92. The normalized spacial score (nSPS) is 9.76. The monoisotopic (exact) mass is 243 g/mol. The third-order valence-corrected chi connectivity index (χ3v) is 3.27. The number of aromatic nitrogens is 1. The summed E-state index contributed by atoms with van der Waals surface area (Å²) in [5, 5.41) is 18.1. The van der Waals surface area contributed by atoms with Crippen LogP contribution in [0.25, 0.3) is 10.2 Å². The largest absolute Gasteiger partial charge is 0.399 e. The average molecular weight is 243 g/mol. The van der Waals surface area contributed by atoms with Gasteiger partial charge in [0.05, 0.1) is 22.4 Å². The first kappa shape index (κ1) is 11.2. The Kier molecular flexibility index (Phi) is 3.08. The van der Waals surface area contributed by atoms with E-state index in [1.165, 1.54) is 11.3 Å². The second kappa shape index (κ2) is 4.69. The third-order valence-electron chi connectivity index (χ3n) is 2.19. The van der Waals surface area contributed by atoms with Crippen molar-refractivity contribution in [2.24, 2.45) is 0 Å². The van der Waals surface area contributed by atoms with Gasteiger partial charge in [-0.05, 0) is 18.2 Å². The van der Waals surface area contributed by atoms with E-state index in [0.717, 1.165) is 10.2 Å². The molecule has 84 valence electrons. The Morgan fingerprint density at radius 1 is 1.29 bits per heavy atom. The fourth-order valence-corrected chi connectivity index (χ4v) is 2.44. The maximum absolute atomic E-state index is 8.70. The van der Waals surface area contributed by atoms with E-state index in [0.29, 0.717) is 10.8 Å². The summed E-state index contributed by atoms with van der Waals surface area (Å²) in [7, 11) is 0. The number of nitrogens with zero attached hydrogens (tertiary/aromatic N) is 4. The van der Waals surface area contributed by atoms with Gasteiger partial charge in [-0.2, -0.15) is 10.5 Å². The van der Waals surface area contributed by atoms with Crippen molar-refractivity contribution in [3.05, 3.63) is 18.2 Å². The lowest BCUT2D eigenvalue weighted by Gasteiger charge is -2.12. The molecule has 0 atom stereocenters. The maximum Gasteiger partial charge on any atom is 0.188 e. The number of hydrogen-bond acceptors (Lipinski definition) is 6. The lowest BCUT2D eigenvalue weighted by atomic mass is 10.3. The summed E-state index contributed by atoms with van der Waals surface area (Å²) in [6.45, 7) is 0.311. The molecule has 0 fully saturated rings. The molecule has 6 heteroatoms. The van der Waals surface area contributed by atoms with E-state index < -0.39 is 0 Å². The molecule has 0 amide bonds. The molecule has 1 aromatic carbocycles. The number of benzene rings is 1. The van der Waals surface area contributed by atoms with Crippen molar-refractivity contribution in [3.63, 3.8) is 0 Å². The Balaban J connectivity index is 2.41. The Labute approximate surface area is 102 Å². The fourth-order valence-electron chi connectivity index (χ4n) is 1.43. The molecule has 0 unspecified atom stereocenters. The number of fused-ring (bicyclic) bond motifs is 1. The van der Waals surface area contributed by atoms with Crippen molar-refractivity contribution in [1.29, 1.82) is 10.5 Å². The minimum absolute atomic E-state index is 0.156. The van der Waals surface area contributed by atoms with Gasteiger partial charge in [0, 0.05) is 5.69 Å². The smallest absolute Gasteiger partial charge is 0.188 e. The molecule has 0 spiro atoms. The van der Waals surface area contributed by atoms with Gasteiger partial charge < -0.3 is 10.6 Å². The lowest BCUT2D eigenvalue weighted by Crippen LogP contribution is -2.23. The Hall–Kier alpha value is -2.31. The van der Waals surface area contributed by atoms with Gasteiger partial charge in [-0.1, -0.05) is 11.3 Å². The molecule has 0 bridgehead atoms. The van der Waals surface area contributed by atoms with E-state index in [2.05, 4.69) is 4.98 Å². The summed E-state index contributed by atoms with van der Waals surface area (Å²) >= 11 is 1.43. The number of anilines is 2. The molecule has 2 rings (SSSR count). The highest BCUT2D eigenvalue weighted by molar-refractivity contribution is 7.22. The first-order valence-corrected chi connectivity index (χ1v) is 5.71. The van der Waals surface area contributed by atoms with Crippen molar-refractivity contribution in [1.82, 2.24) is 4.98 Å². The zero-order chi connectivity index (χ0) is 12.3. The number of nitriles is 2. The second-order valence-corrected chi connectivity index (χ2v) is 4.40. The summed E-state index contributed by atoms with van der Waals surface area (Å²) in [5.41, 5.74) is 7.20. The van der Waals surface area contributed by atoms with Crippen molar-refractivity contribution in [3.8, 4) is 12.1 Å². The lowest BCUT2D eigenvalue weighted by molar-refractivity contribution is 0.959. The number of nitrogen functional groups attached to an aromatic ring is 1. The van der Waals surface area contributed by atoms with Crippen molar-refractivity contribution >= 4 is 32.4 Å². The molecular formula is C11H9N5S. The third kappa shape index (κ3) is 2.27. The first-order valence-electron chi connectivity index (χ1n) is 4.89. The topological polar surface area (TPSA) is 89.7 Å². The molecule has 0 aliphatic heterocycles. The number of nitrogens with two attached hydrogens (primary N) is 1. The Bertz CT molecular complexity index is 603. The fraction of sp³-hybridized carbons (Fsp3) is 0.182. The van der Waals surface area contributed by atoms with Crippen molar-refractivity contribution in [2.45, 2.75) is 0 Å². The minimum Gasteiger partial charge on any atom is -0.399 e. The summed E-state index contributed by atoms with van der Waals surface area (Å²) < 4.78 is 0.959. The van der Waals surface area contributed by atoms with Crippen LogP contribution in [-0.2, 0) is 0 Å². The predicted octanol–water partition coefficient (Wildman–Crippen LogP) is 1.73. The minimum atomic E-state index is 0.156. The quantitative estimate of drug-likeness (QED) is 0.655. The molecule has 5 nitrogen and oxygen atoms in total. The van der Waals surface area contributed by atoms with Gasteiger partial charge in [-0.15, -0.1) is 0 Å². The highest BCUT2D eigenvalue weighted by atomic mass is 32.1. The van der Waals surface area contributed by atoms with Crippen LogP contribution in [0.1, 0.15) is 0 Å². The van der Waals surface area contributed by atoms with Gasteiger partial charge in [-0.3, -0.25) is 0 Å². The summed E-state index contributed by atoms with van der Waals surface area (Å²) in [6, 6.07) is 9.51. The van der Waals surface area contributed by atoms with Crippen LogP contribution in [0.15, 0.2) is 18.2 Å². The van der Waals surface area contributed by atoms with E-state index in [1.54, 1.807) is 11.0 Å². The standard InChI is InChI=1S/C11H9N5S/c12-3-5-16(6-4-13)11-15-9-2-1-8(14)7-10(9)17-11/h1-2,7H,5-6,14H2. The van der Waals surface area contributed by atoms with Gasteiger partial charge in [0.15, 0.2) is 5.13 Å².